The molecule has 1 N–H and O–H groups in total. The lowest BCUT2D eigenvalue weighted by atomic mass is 10.2. The zero-order valence-corrected chi connectivity index (χ0v) is 10.9. The lowest BCUT2D eigenvalue weighted by Crippen LogP contribution is -2.24. The molecule has 3 nitrogen and oxygen atoms in total. The van der Waals surface area contributed by atoms with E-state index in [2.05, 4.69) is 41.8 Å². The van der Waals surface area contributed by atoms with Crippen LogP contribution >= 0.6 is 0 Å². The molecule has 0 spiro atoms. The first-order valence-corrected chi connectivity index (χ1v) is 6.37. The minimum atomic E-state index is 0.342. The van der Waals surface area contributed by atoms with Gasteiger partial charge in [-0.25, -0.2) is 4.98 Å². The summed E-state index contributed by atoms with van der Waals surface area (Å²) in [5, 5.41) is 0. The topological polar surface area (TPSA) is 31.9 Å². The predicted molar refractivity (Wildman–Crippen MR) is 72.0 cm³/mol. The Labute approximate surface area is 103 Å². The first-order chi connectivity index (χ1) is 8.22. The molecule has 0 fully saturated rings. The van der Waals surface area contributed by atoms with E-state index in [9.17, 15) is 0 Å². The van der Waals surface area contributed by atoms with Gasteiger partial charge in [0.15, 0.2) is 0 Å². The van der Waals surface area contributed by atoms with Gasteiger partial charge in [0.25, 0.3) is 0 Å². The average molecular weight is 231 g/mol. The highest BCUT2D eigenvalue weighted by atomic mass is 15.2. The van der Waals surface area contributed by atoms with E-state index in [-0.39, 0.29) is 0 Å². The Kier molecular flexibility index (Phi) is 3.79. The summed E-state index contributed by atoms with van der Waals surface area (Å²) in [6.07, 6.45) is 2.47. The van der Waals surface area contributed by atoms with Crippen molar-refractivity contribution in [3.05, 3.63) is 30.1 Å². The van der Waals surface area contributed by atoms with Crippen molar-refractivity contribution < 1.29 is 0 Å². The standard InChI is InChI=1S/C14H21N3/c1-4-5-10-17(3)11(2)14-15-12-8-6-7-9-13(12)16-14/h6-9,11H,4-5,10H2,1-3H3,(H,15,16). The third-order valence-corrected chi connectivity index (χ3v) is 3.33. The molecule has 1 aromatic carbocycles. The lowest BCUT2D eigenvalue weighted by Gasteiger charge is -2.22. The highest BCUT2D eigenvalue weighted by Crippen LogP contribution is 2.19. The molecule has 1 atom stereocenters. The van der Waals surface area contributed by atoms with Gasteiger partial charge in [-0.1, -0.05) is 25.5 Å². The summed E-state index contributed by atoms with van der Waals surface area (Å²) in [6.45, 7) is 5.54. The van der Waals surface area contributed by atoms with Gasteiger partial charge in [-0.05, 0) is 39.1 Å². The van der Waals surface area contributed by atoms with Crippen molar-refractivity contribution in [1.82, 2.24) is 14.9 Å². The molecule has 0 saturated carbocycles. The number of unbranched alkanes of at least 4 members (excludes halogenated alkanes) is 1. The predicted octanol–water partition coefficient (Wildman–Crippen LogP) is 3.36. The van der Waals surface area contributed by atoms with Gasteiger partial charge in [-0.15, -0.1) is 0 Å². The zero-order chi connectivity index (χ0) is 12.3. The molecular formula is C14H21N3. The number of rotatable bonds is 5. The fraction of sp³-hybridized carbons (Fsp3) is 0.500. The number of para-hydroxylation sites is 2. The second-order valence-corrected chi connectivity index (χ2v) is 4.65. The fourth-order valence-electron chi connectivity index (χ4n) is 1.98. The second-order valence-electron chi connectivity index (χ2n) is 4.65. The number of aromatic nitrogens is 2. The normalized spacial score (nSPS) is 13.4. The maximum absolute atomic E-state index is 4.64. The molecule has 1 unspecified atom stereocenters. The summed E-state index contributed by atoms with van der Waals surface area (Å²) in [6, 6.07) is 8.53. The van der Waals surface area contributed by atoms with Crippen LogP contribution < -0.4 is 0 Å². The van der Waals surface area contributed by atoms with Gasteiger partial charge in [0.05, 0.1) is 17.1 Å². The van der Waals surface area contributed by atoms with Gasteiger partial charge in [0.1, 0.15) is 5.82 Å². The molecule has 0 aliphatic carbocycles. The number of H-pyrrole nitrogens is 1. The molecule has 1 heterocycles. The van der Waals surface area contributed by atoms with E-state index in [1.165, 1.54) is 12.8 Å². The van der Waals surface area contributed by atoms with E-state index in [0.717, 1.165) is 23.4 Å². The number of imidazole rings is 1. The Bertz CT molecular complexity index is 442. The lowest BCUT2D eigenvalue weighted by molar-refractivity contribution is 0.250. The summed E-state index contributed by atoms with van der Waals surface area (Å²) in [5.74, 6) is 1.06. The van der Waals surface area contributed by atoms with E-state index in [0.29, 0.717) is 6.04 Å². The number of aromatic amines is 1. The van der Waals surface area contributed by atoms with E-state index >= 15 is 0 Å². The van der Waals surface area contributed by atoms with Crippen LogP contribution in [0.4, 0.5) is 0 Å². The highest BCUT2D eigenvalue weighted by molar-refractivity contribution is 5.74. The van der Waals surface area contributed by atoms with Crippen molar-refractivity contribution in [3.63, 3.8) is 0 Å². The van der Waals surface area contributed by atoms with E-state index in [4.69, 9.17) is 0 Å². The fourth-order valence-corrected chi connectivity index (χ4v) is 1.98. The molecule has 0 radical (unpaired) electrons. The molecule has 0 aliphatic heterocycles. The Hall–Kier alpha value is -1.35. The Balaban J connectivity index is 2.15. The van der Waals surface area contributed by atoms with Gasteiger partial charge < -0.3 is 4.98 Å². The van der Waals surface area contributed by atoms with Gasteiger partial charge in [-0.2, -0.15) is 0 Å². The minimum absolute atomic E-state index is 0.342. The number of nitrogens with zero attached hydrogens (tertiary/aromatic N) is 2. The number of fused-ring (bicyclic) bond motifs is 1. The number of nitrogens with one attached hydrogen (secondary N) is 1. The SMILES string of the molecule is CCCCN(C)C(C)c1nc2ccccc2[nH]1. The van der Waals surface area contributed by atoms with Crippen molar-refractivity contribution >= 4 is 11.0 Å². The van der Waals surface area contributed by atoms with Crippen LogP contribution in [0.25, 0.3) is 11.0 Å². The van der Waals surface area contributed by atoms with E-state index in [1.807, 2.05) is 18.2 Å². The van der Waals surface area contributed by atoms with Gasteiger partial charge in [-0.3, -0.25) is 4.90 Å². The van der Waals surface area contributed by atoms with Crippen molar-refractivity contribution in [1.29, 1.82) is 0 Å². The number of hydrogen-bond donors (Lipinski definition) is 1. The molecule has 1 aromatic heterocycles. The van der Waals surface area contributed by atoms with Crippen LogP contribution in [0.1, 0.15) is 38.6 Å². The second kappa shape index (κ2) is 5.32. The molecule has 0 saturated heterocycles. The molecule has 0 aliphatic rings. The van der Waals surface area contributed by atoms with Crippen molar-refractivity contribution in [3.8, 4) is 0 Å². The minimum Gasteiger partial charge on any atom is -0.341 e. The highest BCUT2D eigenvalue weighted by Gasteiger charge is 2.14. The summed E-state index contributed by atoms with van der Waals surface area (Å²) in [4.78, 5) is 10.4. The first kappa shape index (κ1) is 12.1. The largest absolute Gasteiger partial charge is 0.341 e. The number of benzene rings is 1. The zero-order valence-electron chi connectivity index (χ0n) is 10.9. The third-order valence-electron chi connectivity index (χ3n) is 3.33. The smallest absolute Gasteiger partial charge is 0.124 e. The molecule has 3 heteroatoms. The molecule has 2 aromatic rings. The average Bonchev–Trinajstić information content (AvgIpc) is 2.78. The van der Waals surface area contributed by atoms with Crippen molar-refractivity contribution in [2.75, 3.05) is 13.6 Å². The molecule has 2 rings (SSSR count). The maximum Gasteiger partial charge on any atom is 0.124 e. The molecule has 92 valence electrons. The van der Waals surface area contributed by atoms with E-state index in [1.54, 1.807) is 0 Å². The first-order valence-electron chi connectivity index (χ1n) is 6.37. The molecule has 0 bridgehead atoms. The third kappa shape index (κ3) is 2.67. The van der Waals surface area contributed by atoms with Gasteiger partial charge >= 0.3 is 0 Å². The van der Waals surface area contributed by atoms with Crippen LogP contribution in [0.3, 0.4) is 0 Å². The molecule has 0 amide bonds. The van der Waals surface area contributed by atoms with Crippen LogP contribution in [0.15, 0.2) is 24.3 Å². The van der Waals surface area contributed by atoms with Crippen molar-refractivity contribution in [2.24, 2.45) is 0 Å². The summed E-state index contributed by atoms with van der Waals surface area (Å²) >= 11 is 0. The Morgan fingerprint density at radius 1 is 1.35 bits per heavy atom. The van der Waals surface area contributed by atoms with E-state index < -0.39 is 0 Å². The summed E-state index contributed by atoms with van der Waals surface area (Å²) in [7, 11) is 2.16. The monoisotopic (exact) mass is 231 g/mol. The maximum atomic E-state index is 4.64. The molecular weight excluding hydrogens is 210 g/mol. The van der Waals surface area contributed by atoms with Crippen LogP contribution in [-0.4, -0.2) is 28.5 Å². The van der Waals surface area contributed by atoms with Gasteiger partial charge in [0.2, 0.25) is 0 Å². The molecule has 17 heavy (non-hydrogen) atoms. The summed E-state index contributed by atoms with van der Waals surface area (Å²) in [5.41, 5.74) is 2.18. The quantitative estimate of drug-likeness (QED) is 0.855. The Morgan fingerprint density at radius 3 is 2.82 bits per heavy atom. The number of hydrogen-bond acceptors (Lipinski definition) is 2. The summed E-state index contributed by atoms with van der Waals surface area (Å²) < 4.78 is 0. The van der Waals surface area contributed by atoms with Crippen LogP contribution in [0.5, 0.6) is 0 Å². The van der Waals surface area contributed by atoms with Crippen LogP contribution in [-0.2, 0) is 0 Å². The van der Waals surface area contributed by atoms with Gasteiger partial charge in [0, 0.05) is 0 Å². The van der Waals surface area contributed by atoms with Crippen LogP contribution in [0, 0.1) is 0 Å². The van der Waals surface area contributed by atoms with Crippen molar-refractivity contribution in [2.45, 2.75) is 32.7 Å². The Morgan fingerprint density at radius 2 is 2.12 bits per heavy atom. The van der Waals surface area contributed by atoms with Crippen LogP contribution in [0.2, 0.25) is 0 Å².